The minimum atomic E-state index is 0.355. The number of nitrogens with one attached hydrogen (secondary N) is 1. The Bertz CT molecular complexity index is 597. The Morgan fingerprint density at radius 3 is 2.74 bits per heavy atom. The van der Waals surface area contributed by atoms with Gasteiger partial charge >= 0.3 is 0 Å². The van der Waals surface area contributed by atoms with Crippen molar-refractivity contribution in [2.24, 2.45) is 0 Å². The third-order valence-corrected chi connectivity index (χ3v) is 3.91. The third-order valence-electron chi connectivity index (χ3n) is 3.67. The molecule has 0 bridgehead atoms. The molecule has 1 atom stereocenters. The maximum atomic E-state index is 9.74. The predicted molar refractivity (Wildman–Crippen MR) is 77.6 cm³/mol. The summed E-state index contributed by atoms with van der Waals surface area (Å²) in [6.45, 7) is 0.694. The van der Waals surface area contributed by atoms with Crippen molar-refractivity contribution >= 4 is 11.6 Å². The highest BCUT2D eigenvalue weighted by Crippen LogP contribution is 2.26. The zero-order chi connectivity index (χ0) is 13.2. The van der Waals surface area contributed by atoms with Crippen molar-refractivity contribution in [3.63, 3.8) is 0 Å². The monoisotopic (exact) mass is 273 g/mol. The number of phenolic OH excluding ortho intramolecular Hbond substituents is 1. The Morgan fingerprint density at radius 1 is 1.11 bits per heavy atom. The smallest absolute Gasteiger partial charge is 0.120 e. The minimum Gasteiger partial charge on any atom is -0.508 e. The van der Waals surface area contributed by atoms with E-state index in [1.807, 2.05) is 24.3 Å². The number of benzene rings is 2. The predicted octanol–water partition coefficient (Wildman–Crippen LogP) is 3.30. The standard InChI is InChI=1S/C16H16ClNO/c17-14-6-5-11-8-15(9-13(11)7-14)18-10-12-3-1-2-4-16(12)19/h1-7,15,18-19H,8-10H2. The number of aromatic hydroxyl groups is 1. The fraction of sp³-hybridized carbons (Fsp3) is 0.250. The zero-order valence-electron chi connectivity index (χ0n) is 10.6. The van der Waals surface area contributed by atoms with Gasteiger partial charge in [-0.1, -0.05) is 35.9 Å². The SMILES string of the molecule is Oc1ccccc1CNC1Cc2ccc(Cl)cc2C1. The Labute approximate surface area is 118 Å². The molecule has 2 nitrogen and oxygen atoms in total. The number of para-hydroxylation sites is 1. The summed E-state index contributed by atoms with van der Waals surface area (Å²) in [5, 5.41) is 14.0. The average molecular weight is 274 g/mol. The Balaban J connectivity index is 1.63. The molecule has 0 radical (unpaired) electrons. The average Bonchev–Trinajstić information content (AvgIpc) is 2.79. The number of halogens is 1. The second-order valence-corrected chi connectivity index (χ2v) is 5.46. The number of hydrogen-bond acceptors (Lipinski definition) is 2. The molecule has 0 spiro atoms. The van der Waals surface area contributed by atoms with Gasteiger partial charge in [0, 0.05) is 23.2 Å². The van der Waals surface area contributed by atoms with Crippen LogP contribution in [0.4, 0.5) is 0 Å². The van der Waals surface area contributed by atoms with Gasteiger partial charge in [-0.05, 0) is 42.2 Å². The molecule has 2 aromatic carbocycles. The summed E-state index contributed by atoms with van der Waals surface area (Å²) in [5.41, 5.74) is 3.65. The van der Waals surface area contributed by atoms with Gasteiger partial charge in [0.15, 0.2) is 0 Å². The molecular formula is C16H16ClNO. The molecule has 1 aliphatic rings. The van der Waals surface area contributed by atoms with Gasteiger partial charge in [-0.2, -0.15) is 0 Å². The van der Waals surface area contributed by atoms with Crippen LogP contribution in [-0.4, -0.2) is 11.1 Å². The van der Waals surface area contributed by atoms with Gasteiger partial charge < -0.3 is 10.4 Å². The van der Waals surface area contributed by atoms with E-state index in [9.17, 15) is 5.11 Å². The second-order valence-electron chi connectivity index (χ2n) is 5.03. The molecule has 1 aliphatic carbocycles. The molecule has 0 saturated heterocycles. The van der Waals surface area contributed by atoms with E-state index in [0.29, 0.717) is 18.3 Å². The minimum absolute atomic E-state index is 0.355. The van der Waals surface area contributed by atoms with Crippen LogP contribution >= 0.6 is 11.6 Å². The largest absolute Gasteiger partial charge is 0.508 e. The van der Waals surface area contributed by atoms with E-state index >= 15 is 0 Å². The quantitative estimate of drug-likeness (QED) is 0.899. The van der Waals surface area contributed by atoms with Crippen LogP contribution in [0.25, 0.3) is 0 Å². The highest BCUT2D eigenvalue weighted by molar-refractivity contribution is 6.30. The molecule has 0 aliphatic heterocycles. The van der Waals surface area contributed by atoms with Crippen molar-refractivity contribution in [3.8, 4) is 5.75 Å². The van der Waals surface area contributed by atoms with Gasteiger partial charge in [0.05, 0.1) is 0 Å². The maximum absolute atomic E-state index is 9.74. The first kappa shape index (κ1) is 12.5. The van der Waals surface area contributed by atoms with Crippen molar-refractivity contribution in [2.75, 3.05) is 0 Å². The number of rotatable bonds is 3. The number of hydrogen-bond donors (Lipinski definition) is 2. The topological polar surface area (TPSA) is 32.3 Å². The van der Waals surface area contributed by atoms with E-state index in [-0.39, 0.29) is 0 Å². The first-order valence-corrected chi connectivity index (χ1v) is 6.88. The molecule has 0 heterocycles. The lowest BCUT2D eigenvalue weighted by Crippen LogP contribution is -2.28. The summed E-state index contributed by atoms with van der Waals surface area (Å²) in [7, 11) is 0. The van der Waals surface area contributed by atoms with E-state index in [1.165, 1.54) is 11.1 Å². The summed E-state index contributed by atoms with van der Waals surface area (Å²) < 4.78 is 0. The van der Waals surface area contributed by atoms with Gasteiger partial charge in [0.1, 0.15) is 5.75 Å². The number of phenols is 1. The van der Waals surface area contributed by atoms with Crippen molar-refractivity contribution in [3.05, 3.63) is 64.2 Å². The Hall–Kier alpha value is -1.51. The second kappa shape index (κ2) is 5.24. The van der Waals surface area contributed by atoms with Crippen molar-refractivity contribution in [1.29, 1.82) is 0 Å². The Morgan fingerprint density at radius 2 is 1.89 bits per heavy atom. The highest BCUT2D eigenvalue weighted by Gasteiger charge is 2.21. The Kier molecular flexibility index (Phi) is 3.45. The van der Waals surface area contributed by atoms with Gasteiger partial charge in [-0.25, -0.2) is 0 Å². The summed E-state index contributed by atoms with van der Waals surface area (Å²) in [5.74, 6) is 0.355. The molecule has 0 amide bonds. The lowest BCUT2D eigenvalue weighted by atomic mass is 10.1. The van der Waals surface area contributed by atoms with Crippen LogP contribution in [-0.2, 0) is 19.4 Å². The molecular weight excluding hydrogens is 258 g/mol. The highest BCUT2D eigenvalue weighted by atomic mass is 35.5. The third kappa shape index (κ3) is 2.75. The molecule has 3 rings (SSSR count). The number of fused-ring (bicyclic) bond motifs is 1. The van der Waals surface area contributed by atoms with Gasteiger partial charge in [-0.3, -0.25) is 0 Å². The van der Waals surface area contributed by atoms with Crippen LogP contribution in [0.5, 0.6) is 5.75 Å². The van der Waals surface area contributed by atoms with E-state index in [1.54, 1.807) is 6.07 Å². The zero-order valence-corrected chi connectivity index (χ0v) is 11.3. The first-order valence-electron chi connectivity index (χ1n) is 6.50. The normalized spacial score (nSPS) is 17.4. The molecule has 0 fully saturated rings. The summed E-state index contributed by atoms with van der Waals surface area (Å²) in [4.78, 5) is 0. The summed E-state index contributed by atoms with van der Waals surface area (Å²) in [6.07, 6.45) is 2.03. The van der Waals surface area contributed by atoms with Crippen LogP contribution in [0.2, 0.25) is 5.02 Å². The molecule has 0 saturated carbocycles. The molecule has 98 valence electrons. The van der Waals surface area contributed by atoms with Gasteiger partial charge in [0.25, 0.3) is 0 Å². The van der Waals surface area contributed by atoms with E-state index in [2.05, 4.69) is 17.4 Å². The van der Waals surface area contributed by atoms with Crippen LogP contribution in [0.1, 0.15) is 16.7 Å². The lowest BCUT2D eigenvalue weighted by Gasteiger charge is -2.12. The van der Waals surface area contributed by atoms with E-state index in [0.717, 1.165) is 23.4 Å². The lowest BCUT2D eigenvalue weighted by molar-refractivity contribution is 0.457. The van der Waals surface area contributed by atoms with Crippen LogP contribution < -0.4 is 5.32 Å². The molecule has 2 N–H and O–H groups in total. The first-order chi connectivity index (χ1) is 9.22. The fourth-order valence-corrected chi connectivity index (χ4v) is 2.84. The molecule has 19 heavy (non-hydrogen) atoms. The maximum Gasteiger partial charge on any atom is 0.120 e. The molecule has 0 aromatic heterocycles. The van der Waals surface area contributed by atoms with Crippen molar-refractivity contribution in [2.45, 2.75) is 25.4 Å². The summed E-state index contributed by atoms with van der Waals surface area (Å²) >= 11 is 6.01. The fourth-order valence-electron chi connectivity index (χ4n) is 2.65. The van der Waals surface area contributed by atoms with Crippen LogP contribution in [0.15, 0.2) is 42.5 Å². The summed E-state index contributed by atoms with van der Waals surface area (Å²) in [6, 6.07) is 14.0. The molecule has 3 heteroatoms. The van der Waals surface area contributed by atoms with Crippen LogP contribution in [0, 0.1) is 0 Å². The van der Waals surface area contributed by atoms with Gasteiger partial charge in [-0.15, -0.1) is 0 Å². The van der Waals surface area contributed by atoms with Crippen molar-refractivity contribution in [1.82, 2.24) is 5.32 Å². The van der Waals surface area contributed by atoms with Gasteiger partial charge in [0.2, 0.25) is 0 Å². The molecule has 1 unspecified atom stereocenters. The molecule has 2 aromatic rings. The van der Waals surface area contributed by atoms with E-state index in [4.69, 9.17) is 11.6 Å². The van der Waals surface area contributed by atoms with Crippen molar-refractivity contribution < 1.29 is 5.11 Å². The van der Waals surface area contributed by atoms with E-state index < -0.39 is 0 Å². The van der Waals surface area contributed by atoms with Crippen LogP contribution in [0.3, 0.4) is 0 Å².